The van der Waals surface area contributed by atoms with Gasteiger partial charge in [-0.05, 0) is 43.4 Å². The van der Waals surface area contributed by atoms with E-state index in [4.69, 9.17) is 9.47 Å². The van der Waals surface area contributed by atoms with Crippen molar-refractivity contribution in [3.8, 4) is 0 Å². The van der Waals surface area contributed by atoms with Crippen molar-refractivity contribution in [3.63, 3.8) is 0 Å². The van der Waals surface area contributed by atoms with Crippen LogP contribution in [-0.2, 0) is 20.7 Å². The molecule has 1 heterocycles. The lowest BCUT2D eigenvalue weighted by Crippen LogP contribution is -2.60. The third kappa shape index (κ3) is 19.6. The van der Waals surface area contributed by atoms with E-state index in [1.165, 1.54) is 57.4 Å². The Hall–Kier alpha value is -1.77. The molecule has 0 aromatic heterocycles. The van der Waals surface area contributed by atoms with Crippen molar-refractivity contribution in [2.24, 2.45) is 0 Å². The first kappa shape index (κ1) is 47.4. The van der Waals surface area contributed by atoms with Gasteiger partial charge in [0, 0.05) is 6.42 Å². The molecule has 0 spiro atoms. The van der Waals surface area contributed by atoms with Gasteiger partial charge in [0.2, 0.25) is 5.91 Å². The molecular weight excluding hydrogens is 688 g/mol. The summed E-state index contributed by atoms with van der Waals surface area (Å²) in [5.41, 5.74) is 0.798. The molecule has 1 saturated heterocycles. The highest BCUT2D eigenvalue weighted by atomic mass is 19.2. The minimum atomic E-state index is -1.63. The van der Waals surface area contributed by atoms with Gasteiger partial charge in [0.1, 0.15) is 30.5 Å². The number of carbonyl (C=O) groups excluding carboxylic acids is 1. The molecular formula is C41H71F2NO9. The van der Waals surface area contributed by atoms with E-state index in [2.05, 4.69) is 12.2 Å². The maximum Gasteiger partial charge on any atom is 0.220 e. The standard InChI is InChI=1S/C41H71F2NO9/c1-2-3-4-5-6-7-8-9-10-14-17-20-23-34(46)37(48)33(29-52-41-40(51)39(50)38(49)35(28-45)53-41)44-36(47)24-21-18-15-12-11-13-16-19-22-30-25-26-31(42)32(43)27-30/h25-27,33-35,37-41,45-46,48-51H,2-24,28-29H2,1H3,(H,44,47)/t33-,34+,35+,37-,38-,39-,40+,41-/m0/s1. The molecule has 1 aliphatic heterocycles. The summed E-state index contributed by atoms with van der Waals surface area (Å²) in [4.78, 5) is 12.9. The van der Waals surface area contributed by atoms with E-state index >= 15 is 0 Å². The number of hydrogen-bond donors (Lipinski definition) is 7. The highest BCUT2D eigenvalue weighted by Crippen LogP contribution is 2.23. The molecule has 1 aliphatic rings. The monoisotopic (exact) mass is 760 g/mol. The van der Waals surface area contributed by atoms with Gasteiger partial charge in [-0.3, -0.25) is 4.79 Å². The van der Waals surface area contributed by atoms with Gasteiger partial charge in [0.05, 0.1) is 25.4 Å². The van der Waals surface area contributed by atoms with Crippen molar-refractivity contribution >= 4 is 5.91 Å². The fourth-order valence-electron chi connectivity index (χ4n) is 6.91. The second-order valence-corrected chi connectivity index (χ2v) is 15.0. The van der Waals surface area contributed by atoms with Gasteiger partial charge in [-0.15, -0.1) is 0 Å². The van der Waals surface area contributed by atoms with Gasteiger partial charge < -0.3 is 45.4 Å². The summed E-state index contributed by atoms with van der Waals surface area (Å²) < 4.78 is 37.5. The normalized spacial score (nSPS) is 22.1. The second kappa shape index (κ2) is 28.6. The SMILES string of the molecule is CCCCCCCCCCCCCC[C@@H](O)[C@@H](O)[C@H](CO[C@H]1O[C@H](CO)[C@H](O)[C@H](O)[C@H]1O)NC(=O)CCCCCCCCCCc1ccc(F)c(F)c1. The van der Waals surface area contributed by atoms with E-state index < -0.39 is 67.2 Å². The number of unbranched alkanes of at least 4 members (excludes halogenated alkanes) is 18. The molecule has 1 aromatic rings. The van der Waals surface area contributed by atoms with E-state index in [0.717, 1.165) is 82.3 Å². The number of nitrogens with one attached hydrogen (secondary N) is 1. The zero-order valence-corrected chi connectivity index (χ0v) is 32.2. The number of benzene rings is 1. The van der Waals surface area contributed by atoms with Crippen LogP contribution in [0.4, 0.5) is 8.78 Å². The molecule has 7 N–H and O–H groups in total. The van der Waals surface area contributed by atoms with Crippen molar-refractivity contribution < 1.29 is 53.7 Å². The van der Waals surface area contributed by atoms with Gasteiger partial charge in [0.25, 0.3) is 0 Å². The molecule has 12 heteroatoms. The molecule has 0 radical (unpaired) electrons. The van der Waals surface area contributed by atoms with Crippen LogP contribution in [0.3, 0.4) is 0 Å². The summed E-state index contributed by atoms with van der Waals surface area (Å²) in [6.07, 6.45) is 12.9. The molecule has 1 amide bonds. The summed E-state index contributed by atoms with van der Waals surface area (Å²) in [6, 6.07) is 3.00. The number of carbonyl (C=O) groups is 1. The zero-order valence-electron chi connectivity index (χ0n) is 32.2. The van der Waals surface area contributed by atoms with E-state index in [-0.39, 0.29) is 18.9 Å². The molecule has 53 heavy (non-hydrogen) atoms. The Labute approximate surface area is 316 Å². The molecule has 1 fully saturated rings. The third-order valence-corrected chi connectivity index (χ3v) is 10.4. The van der Waals surface area contributed by atoms with Crippen LogP contribution < -0.4 is 5.32 Å². The van der Waals surface area contributed by atoms with Crippen LogP contribution >= 0.6 is 0 Å². The summed E-state index contributed by atoms with van der Waals surface area (Å²) >= 11 is 0. The smallest absolute Gasteiger partial charge is 0.220 e. The number of aliphatic hydroxyl groups excluding tert-OH is 6. The Kier molecular flexibility index (Phi) is 25.6. The van der Waals surface area contributed by atoms with Crippen LogP contribution in [0.1, 0.15) is 154 Å². The Morgan fingerprint density at radius 1 is 0.755 bits per heavy atom. The van der Waals surface area contributed by atoms with E-state index in [0.29, 0.717) is 19.3 Å². The summed E-state index contributed by atoms with van der Waals surface area (Å²) in [5, 5.41) is 64.9. The highest BCUT2D eigenvalue weighted by molar-refractivity contribution is 5.76. The fourth-order valence-corrected chi connectivity index (χ4v) is 6.91. The van der Waals surface area contributed by atoms with Gasteiger partial charge in [-0.1, -0.05) is 129 Å². The van der Waals surface area contributed by atoms with Crippen LogP contribution in [-0.4, -0.2) is 98.7 Å². The van der Waals surface area contributed by atoms with Crippen LogP contribution in [0, 0.1) is 11.6 Å². The molecule has 0 aliphatic carbocycles. The molecule has 10 nitrogen and oxygen atoms in total. The highest BCUT2D eigenvalue weighted by Gasteiger charge is 2.44. The molecule has 2 rings (SSSR count). The van der Waals surface area contributed by atoms with E-state index in [1.54, 1.807) is 6.07 Å². The fraction of sp³-hybridized carbons (Fsp3) is 0.829. The van der Waals surface area contributed by atoms with Crippen molar-refractivity contribution in [1.29, 1.82) is 0 Å². The molecule has 0 bridgehead atoms. The number of aliphatic hydroxyl groups is 6. The summed E-state index contributed by atoms with van der Waals surface area (Å²) in [5.74, 6) is -1.96. The number of amides is 1. The Morgan fingerprint density at radius 2 is 1.30 bits per heavy atom. The maximum absolute atomic E-state index is 13.4. The second-order valence-electron chi connectivity index (χ2n) is 15.0. The van der Waals surface area contributed by atoms with Crippen LogP contribution in [0.15, 0.2) is 18.2 Å². The zero-order chi connectivity index (χ0) is 38.8. The number of hydrogen-bond acceptors (Lipinski definition) is 9. The van der Waals surface area contributed by atoms with Gasteiger partial charge in [-0.2, -0.15) is 0 Å². The summed E-state index contributed by atoms with van der Waals surface area (Å²) in [6.45, 7) is 1.26. The number of halogens is 2. The lowest BCUT2D eigenvalue weighted by Gasteiger charge is -2.40. The minimum Gasteiger partial charge on any atom is -0.394 e. The van der Waals surface area contributed by atoms with Gasteiger partial charge in [0.15, 0.2) is 17.9 Å². The van der Waals surface area contributed by atoms with Crippen LogP contribution in [0.2, 0.25) is 0 Å². The first-order valence-electron chi connectivity index (χ1n) is 20.6. The van der Waals surface area contributed by atoms with Gasteiger partial charge >= 0.3 is 0 Å². The molecule has 8 atom stereocenters. The van der Waals surface area contributed by atoms with Crippen molar-refractivity contribution in [2.45, 2.75) is 204 Å². The largest absolute Gasteiger partial charge is 0.394 e. The number of rotatable bonds is 31. The molecule has 308 valence electrons. The van der Waals surface area contributed by atoms with Crippen molar-refractivity contribution in [2.75, 3.05) is 13.2 Å². The average molecular weight is 760 g/mol. The minimum absolute atomic E-state index is 0.215. The molecule has 0 saturated carbocycles. The Morgan fingerprint density at radius 3 is 1.87 bits per heavy atom. The summed E-state index contributed by atoms with van der Waals surface area (Å²) in [7, 11) is 0. The first-order valence-corrected chi connectivity index (χ1v) is 20.6. The average Bonchev–Trinajstić information content (AvgIpc) is 3.15. The maximum atomic E-state index is 13.4. The Balaban J connectivity index is 1.72. The Bertz CT molecular complexity index is 1080. The third-order valence-electron chi connectivity index (χ3n) is 10.4. The van der Waals surface area contributed by atoms with Crippen molar-refractivity contribution in [1.82, 2.24) is 5.32 Å². The van der Waals surface area contributed by atoms with E-state index in [9.17, 15) is 44.2 Å². The predicted octanol–water partition coefficient (Wildman–Crippen LogP) is 6.13. The first-order chi connectivity index (χ1) is 25.6. The lowest BCUT2D eigenvalue weighted by molar-refractivity contribution is -0.303. The predicted molar refractivity (Wildman–Crippen MR) is 201 cm³/mol. The molecule has 1 aromatic carbocycles. The van der Waals surface area contributed by atoms with Crippen LogP contribution in [0.25, 0.3) is 0 Å². The number of ether oxygens (including phenoxy) is 2. The van der Waals surface area contributed by atoms with Gasteiger partial charge in [-0.25, -0.2) is 8.78 Å². The topological polar surface area (TPSA) is 169 Å². The van der Waals surface area contributed by atoms with Crippen LogP contribution in [0.5, 0.6) is 0 Å². The lowest BCUT2D eigenvalue weighted by atomic mass is 9.98. The van der Waals surface area contributed by atoms with E-state index in [1.807, 2.05) is 0 Å². The quantitative estimate of drug-likeness (QED) is 0.0441. The molecule has 0 unspecified atom stereocenters. The van der Waals surface area contributed by atoms with Crippen molar-refractivity contribution in [3.05, 3.63) is 35.4 Å². The number of aryl methyl sites for hydroxylation is 1.